The molecule has 0 saturated heterocycles. The molecule has 0 spiro atoms. The van der Waals surface area contributed by atoms with E-state index in [0.717, 1.165) is 16.4 Å². The Balaban J connectivity index is 1.92. The van der Waals surface area contributed by atoms with Gasteiger partial charge in [0.15, 0.2) is 0 Å². The van der Waals surface area contributed by atoms with Gasteiger partial charge in [-0.05, 0) is 48.4 Å². The van der Waals surface area contributed by atoms with E-state index < -0.39 is 0 Å². The van der Waals surface area contributed by atoms with Crippen LogP contribution in [0.1, 0.15) is 29.3 Å². The predicted octanol–water partition coefficient (Wildman–Crippen LogP) is 4.96. The third kappa shape index (κ3) is 2.52. The van der Waals surface area contributed by atoms with Gasteiger partial charge in [0.1, 0.15) is 0 Å². The number of nitrogens with zero attached hydrogens (tertiary/aromatic N) is 1. The van der Waals surface area contributed by atoms with Crippen molar-refractivity contribution in [2.45, 2.75) is 25.3 Å². The fraction of sp³-hybridized carbons (Fsp3) is 0.375. The van der Waals surface area contributed by atoms with Crippen molar-refractivity contribution in [3.05, 3.63) is 45.1 Å². The van der Waals surface area contributed by atoms with Crippen LogP contribution in [0.25, 0.3) is 0 Å². The van der Waals surface area contributed by atoms with Gasteiger partial charge in [0.2, 0.25) is 0 Å². The fourth-order valence-corrected chi connectivity index (χ4v) is 4.24. The zero-order chi connectivity index (χ0) is 14.1. The minimum absolute atomic E-state index is 0.405. The Labute approximate surface area is 129 Å². The second-order valence-corrected chi connectivity index (χ2v) is 6.83. The van der Waals surface area contributed by atoms with Crippen molar-refractivity contribution in [2.75, 3.05) is 24.3 Å². The summed E-state index contributed by atoms with van der Waals surface area (Å²) >= 11 is 8.22. The molecule has 20 heavy (non-hydrogen) atoms. The molecule has 1 aliphatic carbocycles. The summed E-state index contributed by atoms with van der Waals surface area (Å²) in [5.41, 5.74) is 3.65. The standard InChI is InChI=1S/C16H19ClN2S/c1-19(2)16-12(17)5-3-7-14(16)18-13-6-4-8-15-11(13)9-10-20-15/h3,5,7,9-10,13,18H,4,6,8H2,1-2H3. The fourth-order valence-electron chi connectivity index (χ4n) is 2.91. The lowest BCUT2D eigenvalue weighted by Crippen LogP contribution is -2.18. The Morgan fingerprint density at radius 2 is 2.15 bits per heavy atom. The van der Waals surface area contributed by atoms with Gasteiger partial charge in [-0.3, -0.25) is 0 Å². The lowest BCUT2D eigenvalue weighted by molar-refractivity contribution is 0.609. The summed E-state index contributed by atoms with van der Waals surface area (Å²) in [5, 5.41) is 6.69. The van der Waals surface area contributed by atoms with Crippen LogP contribution >= 0.6 is 22.9 Å². The molecular formula is C16H19ClN2S. The molecule has 4 heteroatoms. The Hall–Kier alpha value is -1.19. The highest BCUT2D eigenvalue weighted by Gasteiger charge is 2.22. The van der Waals surface area contributed by atoms with Crippen molar-refractivity contribution in [3.8, 4) is 0 Å². The SMILES string of the molecule is CN(C)c1c(Cl)cccc1NC1CCCc2sccc21. The third-order valence-electron chi connectivity index (χ3n) is 3.82. The number of aryl methyl sites for hydroxylation is 1. The average Bonchev–Trinajstić information content (AvgIpc) is 2.87. The van der Waals surface area contributed by atoms with Gasteiger partial charge in [0.25, 0.3) is 0 Å². The normalized spacial score (nSPS) is 17.6. The van der Waals surface area contributed by atoms with E-state index in [1.165, 1.54) is 29.7 Å². The highest BCUT2D eigenvalue weighted by atomic mass is 35.5. The number of rotatable bonds is 3. The van der Waals surface area contributed by atoms with Crippen molar-refractivity contribution < 1.29 is 0 Å². The molecular weight excluding hydrogens is 288 g/mol. The van der Waals surface area contributed by atoms with Crippen LogP contribution in [0.3, 0.4) is 0 Å². The molecule has 1 aliphatic rings. The van der Waals surface area contributed by atoms with E-state index in [9.17, 15) is 0 Å². The second-order valence-electron chi connectivity index (χ2n) is 5.42. The zero-order valence-corrected chi connectivity index (χ0v) is 13.4. The third-order valence-corrected chi connectivity index (χ3v) is 5.12. The number of anilines is 2. The molecule has 0 amide bonds. The Morgan fingerprint density at radius 3 is 2.95 bits per heavy atom. The van der Waals surface area contributed by atoms with Gasteiger partial charge >= 0.3 is 0 Å². The lowest BCUT2D eigenvalue weighted by atomic mass is 9.94. The summed E-state index contributed by atoms with van der Waals surface area (Å²) in [4.78, 5) is 3.60. The average molecular weight is 307 g/mol. The van der Waals surface area contributed by atoms with Crippen molar-refractivity contribution in [3.63, 3.8) is 0 Å². The van der Waals surface area contributed by atoms with Gasteiger partial charge < -0.3 is 10.2 Å². The summed E-state index contributed by atoms with van der Waals surface area (Å²) < 4.78 is 0. The Bertz CT molecular complexity index is 606. The van der Waals surface area contributed by atoms with E-state index in [4.69, 9.17) is 11.6 Å². The quantitative estimate of drug-likeness (QED) is 0.862. The first-order valence-electron chi connectivity index (χ1n) is 6.95. The summed E-state index contributed by atoms with van der Waals surface area (Å²) in [6.07, 6.45) is 3.66. The first-order valence-corrected chi connectivity index (χ1v) is 8.21. The Morgan fingerprint density at radius 1 is 1.30 bits per heavy atom. The molecule has 3 rings (SSSR count). The molecule has 0 radical (unpaired) electrons. The molecule has 0 bridgehead atoms. The van der Waals surface area contributed by atoms with Crippen LogP contribution in [0.4, 0.5) is 11.4 Å². The summed E-state index contributed by atoms with van der Waals surface area (Å²) in [7, 11) is 4.06. The molecule has 2 nitrogen and oxygen atoms in total. The molecule has 106 valence electrons. The molecule has 2 aromatic rings. The van der Waals surface area contributed by atoms with Crippen molar-refractivity contribution in [1.82, 2.24) is 0 Å². The van der Waals surface area contributed by atoms with Crippen LogP contribution in [0.5, 0.6) is 0 Å². The molecule has 1 unspecified atom stereocenters. The topological polar surface area (TPSA) is 15.3 Å². The van der Waals surface area contributed by atoms with Crippen LogP contribution in [0.2, 0.25) is 5.02 Å². The smallest absolute Gasteiger partial charge is 0.0786 e. The zero-order valence-electron chi connectivity index (χ0n) is 11.8. The van der Waals surface area contributed by atoms with E-state index >= 15 is 0 Å². The maximum Gasteiger partial charge on any atom is 0.0786 e. The first kappa shape index (κ1) is 13.8. The molecule has 1 heterocycles. The number of hydrogen-bond donors (Lipinski definition) is 1. The molecule has 1 N–H and O–H groups in total. The monoisotopic (exact) mass is 306 g/mol. The first-order chi connectivity index (χ1) is 9.66. The molecule has 0 aliphatic heterocycles. The summed E-state index contributed by atoms with van der Waals surface area (Å²) in [5.74, 6) is 0. The van der Waals surface area contributed by atoms with Crippen LogP contribution in [-0.2, 0) is 6.42 Å². The van der Waals surface area contributed by atoms with Gasteiger partial charge in [-0.2, -0.15) is 0 Å². The van der Waals surface area contributed by atoms with Crippen LogP contribution < -0.4 is 10.2 Å². The van der Waals surface area contributed by atoms with Crippen LogP contribution in [-0.4, -0.2) is 14.1 Å². The van der Waals surface area contributed by atoms with Crippen LogP contribution in [0.15, 0.2) is 29.6 Å². The van der Waals surface area contributed by atoms with Gasteiger partial charge in [-0.1, -0.05) is 17.7 Å². The molecule has 0 fully saturated rings. The summed E-state index contributed by atoms with van der Waals surface area (Å²) in [6.45, 7) is 0. The minimum atomic E-state index is 0.405. The van der Waals surface area contributed by atoms with Crippen molar-refractivity contribution in [1.29, 1.82) is 0 Å². The molecule has 1 aromatic heterocycles. The Kier molecular flexibility index (Phi) is 3.90. The molecule has 0 saturated carbocycles. The van der Waals surface area contributed by atoms with Gasteiger partial charge in [-0.15, -0.1) is 11.3 Å². The van der Waals surface area contributed by atoms with Gasteiger partial charge in [0.05, 0.1) is 22.4 Å². The number of benzene rings is 1. The maximum absolute atomic E-state index is 6.34. The number of thiophene rings is 1. The lowest BCUT2D eigenvalue weighted by Gasteiger charge is -2.27. The number of fused-ring (bicyclic) bond motifs is 1. The predicted molar refractivity (Wildman–Crippen MR) is 89.4 cm³/mol. The molecule has 1 aromatic carbocycles. The van der Waals surface area contributed by atoms with Gasteiger partial charge in [0, 0.05) is 19.0 Å². The highest BCUT2D eigenvalue weighted by Crippen LogP contribution is 2.39. The number of nitrogens with one attached hydrogen (secondary N) is 1. The van der Waals surface area contributed by atoms with Gasteiger partial charge in [-0.25, -0.2) is 0 Å². The number of hydrogen-bond acceptors (Lipinski definition) is 3. The second kappa shape index (κ2) is 5.66. The van der Waals surface area contributed by atoms with Crippen molar-refractivity contribution in [2.24, 2.45) is 0 Å². The van der Waals surface area contributed by atoms with Crippen LogP contribution in [0, 0.1) is 0 Å². The number of para-hydroxylation sites is 1. The highest BCUT2D eigenvalue weighted by molar-refractivity contribution is 7.10. The summed E-state index contributed by atoms with van der Waals surface area (Å²) in [6, 6.07) is 8.73. The molecule has 1 atom stereocenters. The maximum atomic E-state index is 6.34. The van der Waals surface area contributed by atoms with E-state index in [1.54, 1.807) is 0 Å². The van der Waals surface area contributed by atoms with E-state index in [0.29, 0.717) is 6.04 Å². The minimum Gasteiger partial charge on any atom is -0.376 e. The van der Waals surface area contributed by atoms with Crippen molar-refractivity contribution >= 4 is 34.3 Å². The largest absolute Gasteiger partial charge is 0.376 e. The van der Waals surface area contributed by atoms with E-state index in [1.807, 2.05) is 37.6 Å². The van der Waals surface area contributed by atoms with E-state index in [-0.39, 0.29) is 0 Å². The van der Waals surface area contributed by atoms with E-state index in [2.05, 4.69) is 27.7 Å². The number of halogens is 1.